The van der Waals surface area contributed by atoms with Crippen LogP contribution in [0.1, 0.15) is 19.3 Å². The van der Waals surface area contributed by atoms with Crippen LogP contribution in [-0.4, -0.2) is 18.3 Å². The number of nitrogens with zero attached hydrogens (tertiary/aromatic N) is 1. The number of piperidine rings is 1. The molecule has 3 N–H and O–H groups in total. The number of allylic oxidation sites excluding steroid dienone is 3. The maximum atomic E-state index is 5.86. The largest absolute Gasteiger partial charge is 0.403 e. The van der Waals surface area contributed by atoms with E-state index in [-0.39, 0.29) is 6.04 Å². The highest BCUT2D eigenvalue weighted by Gasteiger charge is 2.14. The first kappa shape index (κ1) is 11.3. The fraction of sp³-hybridized carbons (Fsp3) is 0.417. The van der Waals surface area contributed by atoms with E-state index in [9.17, 15) is 0 Å². The van der Waals surface area contributed by atoms with Gasteiger partial charge in [-0.25, -0.2) is 0 Å². The van der Waals surface area contributed by atoms with Gasteiger partial charge in [0.2, 0.25) is 0 Å². The lowest BCUT2D eigenvalue weighted by Crippen LogP contribution is -2.29. The maximum Gasteiger partial charge on any atom is 0.0722 e. The molecule has 0 aromatic heterocycles. The first-order valence-electron chi connectivity index (χ1n) is 5.56. The summed E-state index contributed by atoms with van der Waals surface area (Å²) < 4.78 is 0. The van der Waals surface area contributed by atoms with Gasteiger partial charge in [-0.1, -0.05) is 23.8 Å². The molecule has 0 bridgehead atoms. The van der Waals surface area contributed by atoms with E-state index in [1.807, 2.05) is 18.2 Å². The molecular weight excluding hydrogens is 222 g/mol. The van der Waals surface area contributed by atoms with Crippen molar-refractivity contribution in [2.75, 3.05) is 6.54 Å². The molecule has 1 fully saturated rings. The van der Waals surface area contributed by atoms with E-state index in [0.29, 0.717) is 0 Å². The van der Waals surface area contributed by atoms with Gasteiger partial charge >= 0.3 is 0 Å². The first-order valence-corrected chi connectivity index (χ1v) is 5.94. The van der Waals surface area contributed by atoms with Crippen molar-refractivity contribution in [2.24, 2.45) is 10.7 Å². The summed E-state index contributed by atoms with van der Waals surface area (Å²) in [7, 11) is 0. The minimum absolute atomic E-state index is 0.201. The molecule has 0 spiro atoms. The predicted molar refractivity (Wildman–Crippen MR) is 68.4 cm³/mol. The van der Waals surface area contributed by atoms with Gasteiger partial charge in [0, 0.05) is 17.8 Å². The molecule has 0 aromatic carbocycles. The number of nitrogens with one attached hydrogen (secondary N) is 1. The van der Waals surface area contributed by atoms with E-state index in [4.69, 9.17) is 22.3 Å². The number of nitrogens with two attached hydrogens (primary N) is 1. The SMILES string of the molecule is NC=C1NCCCC1=NC1C=CC(Cl)=CC1. The first-order chi connectivity index (χ1) is 7.79. The maximum absolute atomic E-state index is 5.86. The van der Waals surface area contributed by atoms with Gasteiger partial charge < -0.3 is 11.1 Å². The molecule has 1 aliphatic heterocycles. The van der Waals surface area contributed by atoms with Crippen LogP contribution < -0.4 is 11.1 Å². The van der Waals surface area contributed by atoms with Crippen molar-refractivity contribution in [1.29, 1.82) is 0 Å². The molecule has 1 saturated heterocycles. The second kappa shape index (κ2) is 5.21. The van der Waals surface area contributed by atoms with Gasteiger partial charge in [0.05, 0.1) is 17.5 Å². The van der Waals surface area contributed by atoms with Gasteiger partial charge in [0.15, 0.2) is 0 Å². The molecule has 0 saturated carbocycles. The summed E-state index contributed by atoms with van der Waals surface area (Å²) in [6.07, 6.45) is 10.5. The van der Waals surface area contributed by atoms with Crippen LogP contribution in [0.2, 0.25) is 0 Å². The van der Waals surface area contributed by atoms with Crippen molar-refractivity contribution in [2.45, 2.75) is 25.3 Å². The van der Waals surface area contributed by atoms with Crippen molar-refractivity contribution in [3.05, 3.63) is 35.2 Å². The standard InChI is InChI=1S/C12H16ClN3/c13-9-3-5-10(6-4-9)16-11-2-1-7-15-12(11)8-14/h3-5,8,10,15H,1-2,6-7,14H2. The zero-order chi connectivity index (χ0) is 11.4. The minimum Gasteiger partial charge on any atom is -0.403 e. The molecule has 1 atom stereocenters. The predicted octanol–water partition coefficient (Wildman–Crippen LogP) is 2.06. The van der Waals surface area contributed by atoms with Crippen LogP contribution in [0.3, 0.4) is 0 Å². The van der Waals surface area contributed by atoms with E-state index in [1.165, 1.54) is 0 Å². The molecule has 2 rings (SSSR count). The van der Waals surface area contributed by atoms with Crippen LogP contribution in [0.25, 0.3) is 0 Å². The molecule has 86 valence electrons. The Labute approximate surface area is 101 Å². The molecule has 0 amide bonds. The lowest BCUT2D eigenvalue weighted by atomic mass is 10.1. The second-order valence-corrected chi connectivity index (χ2v) is 4.37. The van der Waals surface area contributed by atoms with Crippen molar-refractivity contribution in [1.82, 2.24) is 5.32 Å². The van der Waals surface area contributed by atoms with Gasteiger partial charge in [-0.05, 0) is 25.3 Å². The topological polar surface area (TPSA) is 50.4 Å². The van der Waals surface area contributed by atoms with Crippen LogP contribution in [-0.2, 0) is 0 Å². The Kier molecular flexibility index (Phi) is 3.67. The third kappa shape index (κ3) is 2.67. The Hall–Kier alpha value is -1.22. The highest BCUT2D eigenvalue weighted by molar-refractivity contribution is 6.31. The van der Waals surface area contributed by atoms with Crippen LogP contribution in [0.5, 0.6) is 0 Å². The normalized spacial score (nSPS) is 30.3. The van der Waals surface area contributed by atoms with Gasteiger partial charge in [-0.3, -0.25) is 4.99 Å². The molecule has 1 unspecified atom stereocenters. The number of aliphatic imine (C=N–C) groups is 1. The average molecular weight is 238 g/mol. The van der Waals surface area contributed by atoms with Crippen molar-refractivity contribution in [3.63, 3.8) is 0 Å². The summed E-state index contributed by atoms with van der Waals surface area (Å²) in [4.78, 5) is 4.70. The third-order valence-corrected chi connectivity index (χ3v) is 3.02. The Bertz CT molecular complexity index is 380. The van der Waals surface area contributed by atoms with Crippen LogP contribution in [0, 0.1) is 0 Å². The summed E-state index contributed by atoms with van der Waals surface area (Å²) in [6, 6.07) is 0.201. The molecule has 2 aliphatic rings. The van der Waals surface area contributed by atoms with E-state index in [0.717, 1.165) is 42.2 Å². The van der Waals surface area contributed by atoms with Crippen molar-refractivity contribution in [3.8, 4) is 0 Å². The summed E-state index contributed by atoms with van der Waals surface area (Å²) >= 11 is 5.86. The number of hydrogen-bond donors (Lipinski definition) is 2. The Morgan fingerprint density at radius 1 is 1.56 bits per heavy atom. The summed E-state index contributed by atoms with van der Waals surface area (Å²) in [5.74, 6) is 0. The van der Waals surface area contributed by atoms with Crippen LogP contribution in [0.4, 0.5) is 0 Å². The van der Waals surface area contributed by atoms with E-state index < -0.39 is 0 Å². The quantitative estimate of drug-likeness (QED) is 0.734. The molecule has 16 heavy (non-hydrogen) atoms. The highest BCUT2D eigenvalue weighted by atomic mass is 35.5. The minimum atomic E-state index is 0.201. The van der Waals surface area contributed by atoms with E-state index in [2.05, 4.69) is 5.32 Å². The average Bonchev–Trinajstić information content (AvgIpc) is 2.33. The molecule has 0 radical (unpaired) electrons. The number of halogens is 1. The molecule has 3 nitrogen and oxygen atoms in total. The van der Waals surface area contributed by atoms with Gasteiger partial charge in [0.25, 0.3) is 0 Å². The van der Waals surface area contributed by atoms with Crippen LogP contribution >= 0.6 is 11.6 Å². The summed E-state index contributed by atoms with van der Waals surface area (Å²) in [5.41, 5.74) is 7.62. The second-order valence-electron chi connectivity index (χ2n) is 3.94. The van der Waals surface area contributed by atoms with Crippen LogP contribution in [0.15, 0.2) is 40.1 Å². The lowest BCUT2D eigenvalue weighted by molar-refractivity contribution is 0.710. The van der Waals surface area contributed by atoms with E-state index >= 15 is 0 Å². The molecule has 4 heteroatoms. The third-order valence-electron chi connectivity index (χ3n) is 2.74. The Morgan fingerprint density at radius 2 is 2.44 bits per heavy atom. The number of rotatable bonds is 1. The lowest BCUT2D eigenvalue weighted by Gasteiger charge is -2.20. The zero-order valence-electron chi connectivity index (χ0n) is 9.12. The Balaban J connectivity index is 2.08. The summed E-state index contributed by atoms with van der Waals surface area (Å²) in [6.45, 7) is 0.980. The van der Waals surface area contributed by atoms with E-state index in [1.54, 1.807) is 6.20 Å². The smallest absolute Gasteiger partial charge is 0.0722 e. The van der Waals surface area contributed by atoms with Crippen molar-refractivity contribution < 1.29 is 0 Å². The highest BCUT2D eigenvalue weighted by Crippen LogP contribution is 2.18. The zero-order valence-corrected chi connectivity index (χ0v) is 9.87. The van der Waals surface area contributed by atoms with Gasteiger partial charge in [0.1, 0.15) is 0 Å². The fourth-order valence-electron chi connectivity index (χ4n) is 1.88. The molecule has 1 heterocycles. The van der Waals surface area contributed by atoms with Gasteiger partial charge in [-0.2, -0.15) is 0 Å². The van der Waals surface area contributed by atoms with Gasteiger partial charge in [-0.15, -0.1) is 0 Å². The molecule has 0 aromatic rings. The monoisotopic (exact) mass is 237 g/mol. The number of hydrogen-bond acceptors (Lipinski definition) is 3. The fourth-order valence-corrected chi connectivity index (χ4v) is 2.05. The summed E-state index contributed by atoms with van der Waals surface area (Å²) in [5, 5.41) is 4.06. The molecule has 1 aliphatic carbocycles. The Morgan fingerprint density at radius 3 is 3.12 bits per heavy atom. The van der Waals surface area contributed by atoms with Crippen molar-refractivity contribution >= 4 is 17.3 Å². The molecular formula is C12H16ClN3.